The van der Waals surface area contributed by atoms with Gasteiger partial charge >= 0.3 is 0 Å². The number of hydrogen-bond acceptors (Lipinski definition) is 3. The molecule has 0 saturated heterocycles. The van der Waals surface area contributed by atoms with Crippen molar-refractivity contribution >= 4 is 0 Å². The third kappa shape index (κ3) is 4.25. The van der Waals surface area contributed by atoms with Crippen LogP contribution in [0.2, 0.25) is 0 Å². The van der Waals surface area contributed by atoms with Crippen molar-refractivity contribution in [3.63, 3.8) is 0 Å². The van der Waals surface area contributed by atoms with Crippen LogP contribution in [0.15, 0.2) is 54.7 Å². The van der Waals surface area contributed by atoms with E-state index in [0.717, 1.165) is 36.3 Å². The van der Waals surface area contributed by atoms with E-state index in [1.54, 1.807) is 18.2 Å². The van der Waals surface area contributed by atoms with Crippen molar-refractivity contribution in [2.45, 2.75) is 19.9 Å². The second-order valence-electron chi connectivity index (χ2n) is 6.05. The van der Waals surface area contributed by atoms with E-state index in [-0.39, 0.29) is 11.6 Å². The zero-order valence-electron chi connectivity index (χ0n) is 14.5. The number of benzene rings is 2. The molecule has 5 heteroatoms. The van der Waals surface area contributed by atoms with Crippen LogP contribution in [0.25, 0.3) is 11.3 Å². The maximum absolute atomic E-state index is 13.7. The number of para-hydroxylation sites is 1. The lowest BCUT2D eigenvalue weighted by Gasteiger charge is -2.15. The van der Waals surface area contributed by atoms with Crippen LogP contribution in [0, 0.1) is 5.82 Å². The molecule has 0 aliphatic heterocycles. The predicted molar refractivity (Wildman–Crippen MR) is 97.1 cm³/mol. The number of halogens is 1. The first-order valence-electron chi connectivity index (χ1n) is 8.41. The molecule has 2 aromatic carbocycles. The van der Waals surface area contributed by atoms with Crippen molar-refractivity contribution in [2.75, 3.05) is 13.6 Å². The van der Waals surface area contributed by atoms with E-state index in [4.69, 9.17) is 4.74 Å². The Morgan fingerprint density at radius 2 is 1.88 bits per heavy atom. The van der Waals surface area contributed by atoms with Gasteiger partial charge in [-0.15, -0.1) is 0 Å². The molecule has 0 unspecified atom stereocenters. The average Bonchev–Trinajstić information content (AvgIpc) is 3.06. The third-order valence-electron chi connectivity index (χ3n) is 3.96. The van der Waals surface area contributed by atoms with E-state index in [9.17, 15) is 4.39 Å². The molecule has 0 aliphatic rings. The summed E-state index contributed by atoms with van der Waals surface area (Å²) in [5.74, 6) is 0.436. The summed E-state index contributed by atoms with van der Waals surface area (Å²) in [6, 6.07) is 13.9. The Labute approximate surface area is 147 Å². The Kier molecular flexibility index (Phi) is 5.46. The lowest BCUT2D eigenvalue weighted by molar-refractivity contribution is 0.328. The van der Waals surface area contributed by atoms with Crippen LogP contribution in [0.4, 0.5) is 4.39 Å². The summed E-state index contributed by atoms with van der Waals surface area (Å²) in [4.78, 5) is 2.27. The van der Waals surface area contributed by atoms with Crippen molar-refractivity contribution in [2.24, 2.45) is 0 Å². The van der Waals surface area contributed by atoms with E-state index < -0.39 is 0 Å². The Morgan fingerprint density at radius 3 is 2.60 bits per heavy atom. The van der Waals surface area contributed by atoms with Crippen LogP contribution in [-0.2, 0) is 6.54 Å². The highest BCUT2D eigenvalue weighted by atomic mass is 19.1. The topological polar surface area (TPSA) is 41.2 Å². The summed E-state index contributed by atoms with van der Waals surface area (Å²) < 4.78 is 19.3. The molecule has 25 heavy (non-hydrogen) atoms. The number of aromatic nitrogens is 2. The number of ether oxygens (including phenoxy) is 1. The van der Waals surface area contributed by atoms with Gasteiger partial charge in [0.1, 0.15) is 5.75 Å². The summed E-state index contributed by atoms with van der Waals surface area (Å²) in [6.07, 6.45) is 3.05. The lowest BCUT2D eigenvalue weighted by atomic mass is 10.1. The fourth-order valence-corrected chi connectivity index (χ4v) is 2.77. The van der Waals surface area contributed by atoms with Crippen molar-refractivity contribution < 1.29 is 9.13 Å². The first kappa shape index (κ1) is 17.2. The Hall–Kier alpha value is -2.66. The molecular weight excluding hydrogens is 317 g/mol. The van der Waals surface area contributed by atoms with Crippen molar-refractivity contribution in [1.29, 1.82) is 0 Å². The summed E-state index contributed by atoms with van der Waals surface area (Å²) >= 11 is 0. The smallest absolute Gasteiger partial charge is 0.165 e. The molecule has 1 heterocycles. The predicted octanol–water partition coefficient (Wildman–Crippen LogP) is 4.85. The van der Waals surface area contributed by atoms with Gasteiger partial charge in [-0.25, -0.2) is 4.39 Å². The molecule has 0 bridgehead atoms. The van der Waals surface area contributed by atoms with Gasteiger partial charge in [0.25, 0.3) is 0 Å². The van der Waals surface area contributed by atoms with Crippen LogP contribution in [0.5, 0.6) is 11.5 Å². The van der Waals surface area contributed by atoms with Gasteiger partial charge in [-0.1, -0.05) is 19.1 Å². The van der Waals surface area contributed by atoms with E-state index in [1.807, 2.05) is 30.5 Å². The molecule has 0 aliphatic carbocycles. The quantitative estimate of drug-likeness (QED) is 0.669. The SMILES string of the molecule is CCCN(C)Cc1c[nH]nc1-c1ccc(Oc2ccccc2F)cc1. The van der Waals surface area contributed by atoms with Crippen LogP contribution in [0.3, 0.4) is 0 Å². The molecular formula is C20H22FN3O. The number of aromatic amines is 1. The molecule has 4 nitrogen and oxygen atoms in total. The molecule has 3 aromatic rings. The maximum atomic E-state index is 13.7. The zero-order chi connectivity index (χ0) is 17.6. The van der Waals surface area contributed by atoms with Gasteiger partial charge in [-0.2, -0.15) is 5.10 Å². The van der Waals surface area contributed by atoms with Gasteiger partial charge < -0.3 is 9.64 Å². The van der Waals surface area contributed by atoms with E-state index in [2.05, 4.69) is 29.1 Å². The highest BCUT2D eigenvalue weighted by Crippen LogP contribution is 2.28. The number of nitrogens with zero attached hydrogens (tertiary/aromatic N) is 2. The average molecular weight is 339 g/mol. The Bertz CT molecular complexity index is 814. The fourth-order valence-electron chi connectivity index (χ4n) is 2.77. The van der Waals surface area contributed by atoms with Crippen molar-refractivity contribution in [1.82, 2.24) is 15.1 Å². The van der Waals surface area contributed by atoms with Crippen molar-refractivity contribution in [3.05, 3.63) is 66.1 Å². The van der Waals surface area contributed by atoms with Crippen molar-refractivity contribution in [3.8, 4) is 22.8 Å². The standard InChI is InChI=1S/C20H22FN3O/c1-3-12-24(2)14-16-13-22-23-20(16)15-8-10-17(11-9-15)25-19-7-5-4-6-18(19)21/h4-11,13H,3,12,14H2,1-2H3,(H,22,23). The number of nitrogens with one attached hydrogen (secondary N) is 1. The summed E-state index contributed by atoms with van der Waals surface area (Å²) in [5, 5.41) is 7.32. The molecule has 0 amide bonds. The van der Waals surface area contributed by atoms with Crippen LogP contribution in [0.1, 0.15) is 18.9 Å². The highest BCUT2D eigenvalue weighted by Gasteiger charge is 2.11. The highest BCUT2D eigenvalue weighted by molar-refractivity contribution is 5.63. The normalized spacial score (nSPS) is 11.0. The van der Waals surface area contributed by atoms with Gasteiger partial charge in [0.05, 0.1) is 5.69 Å². The molecule has 1 aromatic heterocycles. The molecule has 3 rings (SSSR count). The number of rotatable bonds is 7. The van der Waals surface area contributed by atoms with E-state index >= 15 is 0 Å². The zero-order valence-corrected chi connectivity index (χ0v) is 14.5. The first-order chi connectivity index (χ1) is 12.2. The fraction of sp³-hybridized carbons (Fsp3) is 0.250. The van der Waals surface area contributed by atoms with E-state index in [0.29, 0.717) is 5.75 Å². The largest absolute Gasteiger partial charge is 0.454 e. The summed E-state index contributed by atoms with van der Waals surface area (Å²) in [6.45, 7) is 4.05. The maximum Gasteiger partial charge on any atom is 0.165 e. The van der Waals surface area contributed by atoms with Gasteiger partial charge in [0.15, 0.2) is 11.6 Å². The second-order valence-corrected chi connectivity index (χ2v) is 6.05. The lowest BCUT2D eigenvalue weighted by Crippen LogP contribution is -2.18. The molecule has 0 spiro atoms. The molecule has 1 N–H and O–H groups in total. The molecule has 0 atom stereocenters. The molecule has 130 valence electrons. The van der Waals surface area contributed by atoms with Gasteiger partial charge in [-0.05, 0) is 56.4 Å². The molecule has 0 saturated carbocycles. The first-order valence-corrected chi connectivity index (χ1v) is 8.41. The Morgan fingerprint density at radius 1 is 1.12 bits per heavy atom. The minimum Gasteiger partial charge on any atom is -0.454 e. The molecule has 0 radical (unpaired) electrons. The molecule has 0 fully saturated rings. The van der Waals surface area contributed by atoms with Gasteiger partial charge in [0, 0.05) is 23.9 Å². The second kappa shape index (κ2) is 7.94. The van der Waals surface area contributed by atoms with E-state index in [1.165, 1.54) is 6.07 Å². The number of hydrogen-bond donors (Lipinski definition) is 1. The Balaban J connectivity index is 1.75. The monoisotopic (exact) mass is 339 g/mol. The van der Waals surface area contributed by atoms with Crippen LogP contribution >= 0.6 is 0 Å². The van der Waals surface area contributed by atoms with Crippen LogP contribution in [-0.4, -0.2) is 28.7 Å². The van der Waals surface area contributed by atoms with Gasteiger partial charge in [-0.3, -0.25) is 5.10 Å². The minimum atomic E-state index is -0.375. The van der Waals surface area contributed by atoms with Gasteiger partial charge in [0.2, 0.25) is 0 Å². The number of H-pyrrole nitrogens is 1. The summed E-state index contributed by atoms with van der Waals surface area (Å²) in [7, 11) is 2.10. The van der Waals surface area contributed by atoms with Crippen LogP contribution < -0.4 is 4.74 Å². The minimum absolute atomic E-state index is 0.219. The third-order valence-corrected chi connectivity index (χ3v) is 3.96. The summed E-state index contributed by atoms with van der Waals surface area (Å²) in [5.41, 5.74) is 3.08.